The van der Waals surface area contributed by atoms with Crippen molar-refractivity contribution in [2.24, 2.45) is 0 Å². The highest BCUT2D eigenvalue weighted by Gasteiger charge is 2.08. The van der Waals surface area contributed by atoms with Gasteiger partial charge in [-0.1, -0.05) is 23.2 Å². The first-order valence-corrected chi connectivity index (χ1v) is 4.30. The molecular formula is C10H13BO2. The topological polar surface area (TPSA) is 37.3 Å². The molecule has 1 rings (SSSR count). The number of carboxylic acids is 1. The average Bonchev–Trinajstić information content (AvgIpc) is 2.05. The molecule has 0 heterocycles. The number of carbonyl (C=O) groups is 1. The van der Waals surface area contributed by atoms with Crippen LogP contribution in [0.4, 0.5) is 0 Å². The molecule has 1 N–H and O–H groups in total. The van der Waals surface area contributed by atoms with Crippen molar-refractivity contribution < 1.29 is 9.90 Å². The van der Waals surface area contributed by atoms with Gasteiger partial charge in [-0.3, -0.25) is 4.79 Å². The zero-order valence-corrected chi connectivity index (χ0v) is 8.22. The normalized spacial score (nSPS) is 10.0. The fourth-order valence-electron chi connectivity index (χ4n) is 1.43. The van der Waals surface area contributed by atoms with E-state index >= 15 is 0 Å². The molecule has 0 spiro atoms. The fraction of sp³-hybridized carbons (Fsp3) is 0.300. The first-order chi connectivity index (χ1) is 6.02. The van der Waals surface area contributed by atoms with E-state index in [1.165, 1.54) is 0 Å². The summed E-state index contributed by atoms with van der Waals surface area (Å²) in [5.74, 6) is -0.767. The number of aliphatic carboxylic acids is 1. The molecule has 3 heteroatoms. The van der Waals surface area contributed by atoms with E-state index in [2.05, 4.69) is 0 Å². The minimum absolute atomic E-state index is 0.124. The Morgan fingerprint density at radius 3 is 2.62 bits per heavy atom. The van der Waals surface area contributed by atoms with E-state index in [0.29, 0.717) is 0 Å². The predicted molar refractivity (Wildman–Crippen MR) is 55.4 cm³/mol. The second-order valence-electron chi connectivity index (χ2n) is 3.37. The van der Waals surface area contributed by atoms with Crippen LogP contribution < -0.4 is 5.46 Å². The minimum Gasteiger partial charge on any atom is -0.481 e. The van der Waals surface area contributed by atoms with Gasteiger partial charge in [-0.15, -0.1) is 0 Å². The standard InChI is InChI=1S/C10H13BO2/c1-6-3-4-9(11)7(2)8(6)5-10(12)13/h3-4H,5,11H2,1-2H3,(H,12,13). The second kappa shape index (κ2) is 3.65. The molecule has 0 atom stereocenters. The summed E-state index contributed by atoms with van der Waals surface area (Å²) in [5.41, 5.74) is 4.27. The highest BCUT2D eigenvalue weighted by atomic mass is 16.4. The third-order valence-electron chi connectivity index (χ3n) is 2.43. The van der Waals surface area contributed by atoms with Crippen LogP contribution in [-0.2, 0) is 11.2 Å². The lowest BCUT2D eigenvalue weighted by Gasteiger charge is -2.09. The average molecular weight is 176 g/mol. The van der Waals surface area contributed by atoms with Crippen molar-refractivity contribution in [1.29, 1.82) is 0 Å². The van der Waals surface area contributed by atoms with E-state index in [1.54, 1.807) is 0 Å². The lowest BCUT2D eigenvalue weighted by Crippen LogP contribution is -2.14. The van der Waals surface area contributed by atoms with Crippen molar-refractivity contribution in [3.63, 3.8) is 0 Å². The highest BCUT2D eigenvalue weighted by molar-refractivity contribution is 6.33. The van der Waals surface area contributed by atoms with Crippen molar-refractivity contribution in [3.05, 3.63) is 28.8 Å². The van der Waals surface area contributed by atoms with Crippen molar-refractivity contribution in [3.8, 4) is 0 Å². The van der Waals surface area contributed by atoms with E-state index in [4.69, 9.17) is 5.11 Å². The van der Waals surface area contributed by atoms with Gasteiger partial charge in [0.25, 0.3) is 0 Å². The van der Waals surface area contributed by atoms with Crippen LogP contribution in [0.15, 0.2) is 12.1 Å². The molecule has 1 aromatic carbocycles. The maximum Gasteiger partial charge on any atom is 0.307 e. The first-order valence-electron chi connectivity index (χ1n) is 4.30. The molecule has 0 bridgehead atoms. The first kappa shape index (κ1) is 9.84. The van der Waals surface area contributed by atoms with Crippen LogP contribution in [0.1, 0.15) is 16.7 Å². The van der Waals surface area contributed by atoms with E-state index in [1.807, 2.05) is 33.8 Å². The zero-order valence-electron chi connectivity index (χ0n) is 8.22. The molecule has 2 nitrogen and oxygen atoms in total. The van der Waals surface area contributed by atoms with Crippen molar-refractivity contribution >= 4 is 19.3 Å². The van der Waals surface area contributed by atoms with Gasteiger partial charge in [0.1, 0.15) is 7.85 Å². The number of hydrogen-bond donors (Lipinski definition) is 1. The molecule has 0 aliphatic heterocycles. The fourth-order valence-corrected chi connectivity index (χ4v) is 1.43. The Morgan fingerprint density at radius 1 is 1.46 bits per heavy atom. The van der Waals surface area contributed by atoms with Gasteiger partial charge in [0, 0.05) is 0 Å². The van der Waals surface area contributed by atoms with Crippen LogP contribution in [0.5, 0.6) is 0 Å². The summed E-state index contributed by atoms with van der Waals surface area (Å²) in [6.45, 7) is 3.92. The maximum absolute atomic E-state index is 10.6. The van der Waals surface area contributed by atoms with Gasteiger partial charge in [0.15, 0.2) is 0 Å². The smallest absolute Gasteiger partial charge is 0.307 e. The molecule has 0 saturated carbocycles. The summed E-state index contributed by atoms with van der Waals surface area (Å²) >= 11 is 0. The Labute approximate surface area is 79.0 Å². The summed E-state index contributed by atoms with van der Waals surface area (Å²) in [7, 11) is 2.00. The van der Waals surface area contributed by atoms with Crippen LogP contribution in [0.2, 0.25) is 0 Å². The van der Waals surface area contributed by atoms with Crippen LogP contribution in [0, 0.1) is 13.8 Å². The Kier molecular flexibility index (Phi) is 2.76. The van der Waals surface area contributed by atoms with Gasteiger partial charge in [-0.25, -0.2) is 0 Å². The predicted octanol–water partition coefficient (Wildman–Crippen LogP) is 0.189. The summed E-state index contributed by atoms with van der Waals surface area (Å²) in [5, 5.41) is 8.71. The van der Waals surface area contributed by atoms with E-state index < -0.39 is 5.97 Å². The minimum atomic E-state index is -0.767. The van der Waals surface area contributed by atoms with E-state index in [0.717, 1.165) is 22.2 Å². The molecule has 1 aromatic rings. The van der Waals surface area contributed by atoms with E-state index in [9.17, 15) is 4.79 Å². The third-order valence-corrected chi connectivity index (χ3v) is 2.43. The summed E-state index contributed by atoms with van der Waals surface area (Å²) in [6.07, 6.45) is 0.124. The van der Waals surface area contributed by atoms with Crippen molar-refractivity contribution in [2.75, 3.05) is 0 Å². The molecular weight excluding hydrogens is 163 g/mol. The van der Waals surface area contributed by atoms with Crippen LogP contribution in [-0.4, -0.2) is 18.9 Å². The number of carboxylic acid groups (broad SMARTS) is 1. The molecule has 0 saturated heterocycles. The molecule has 0 radical (unpaired) electrons. The number of aryl methyl sites for hydroxylation is 1. The van der Waals surface area contributed by atoms with Crippen molar-refractivity contribution in [1.82, 2.24) is 0 Å². The summed E-state index contributed by atoms with van der Waals surface area (Å²) in [4.78, 5) is 10.6. The molecule has 13 heavy (non-hydrogen) atoms. The van der Waals surface area contributed by atoms with Gasteiger partial charge >= 0.3 is 5.97 Å². The van der Waals surface area contributed by atoms with Gasteiger partial charge in [0.2, 0.25) is 0 Å². The Morgan fingerprint density at radius 2 is 2.08 bits per heavy atom. The van der Waals surface area contributed by atoms with Gasteiger partial charge in [0.05, 0.1) is 6.42 Å². The number of rotatable bonds is 2. The quantitative estimate of drug-likeness (QED) is 0.653. The zero-order chi connectivity index (χ0) is 10.0. The summed E-state index contributed by atoms with van der Waals surface area (Å²) < 4.78 is 0. The monoisotopic (exact) mass is 176 g/mol. The second-order valence-corrected chi connectivity index (χ2v) is 3.37. The molecule has 0 aromatic heterocycles. The Hall–Kier alpha value is -1.25. The molecule has 0 fully saturated rings. The largest absolute Gasteiger partial charge is 0.481 e. The van der Waals surface area contributed by atoms with Gasteiger partial charge < -0.3 is 5.11 Å². The molecule has 0 unspecified atom stereocenters. The highest BCUT2D eigenvalue weighted by Crippen LogP contribution is 2.11. The number of hydrogen-bond acceptors (Lipinski definition) is 1. The molecule has 0 aliphatic carbocycles. The summed E-state index contributed by atoms with van der Waals surface area (Å²) in [6, 6.07) is 4.00. The number of benzene rings is 1. The molecule has 0 amide bonds. The Balaban J connectivity index is 3.17. The van der Waals surface area contributed by atoms with Crippen LogP contribution in [0.3, 0.4) is 0 Å². The van der Waals surface area contributed by atoms with Gasteiger partial charge in [-0.2, -0.15) is 0 Å². The third kappa shape index (κ3) is 2.11. The SMILES string of the molecule is Bc1ccc(C)c(CC(=O)O)c1C. The maximum atomic E-state index is 10.6. The van der Waals surface area contributed by atoms with Crippen molar-refractivity contribution in [2.45, 2.75) is 20.3 Å². The lowest BCUT2D eigenvalue weighted by molar-refractivity contribution is -0.136. The molecule has 0 aliphatic rings. The van der Waals surface area contributed by atoms with Crippen LogP contribution >= 0.6 is 0 Å². The van der Waals surface area contributed by atoms with Crippen LogP contribution in [0.25, 0.3) is 0 Å². The van der Waals surface area contributed by atoms with Gasteiger partial charge in [-0.05, 0) is 25.0 Å². The van der Waals surface area contributed by atoms with E-state index in [-0.39, 0.29) is 6.42 Å². The Bertz CT molecular complexity index is 345. The lowest BCUT2D eigenvalue weighted by atomic mass is 9.85. The molecule has 68 valence electrons.